The van der Waals surface area contributed by atoms with Gasteiger partial charge in [-0.1, -0.05) is 53.0 Å². The van der Waals surface area contributed by atoms with E-state index in [4.69, 9.17) is 4.74 Å². The Kier molecular flexibility index (Phi) is 8.30. The van der Waals surface area contributed by atoms with Crippen molar-refractivity contribution in [2.24, 2.45) is 0 Å². The van der Waals surface area contributed by atoms with Gasteiger partial charge in [0.15, 0.2) is 0 Å². The van der Waals surface area contributed by atoms with Crippen molar-refractivity contribution in [1.82, 2.24) is 0 Å². The average molecular weight is 333 g/mol. The van der Waals surface area contributed by atoms with Crippen LogP contribution in [-0.4, -0.2) is 17.2 Å². The molecule has 0 aromatic heterocycles. The van der Waals surface area contributed by atoms with Crippen molar-refractivity contribution in [3.8, 4) is 5.75 Å². The molecule has 0 aliphatic rings. The number of hydrogen-bond acceptors (Lipinski definition) is 3. The lowest BCUT2D eigenvalue weighted by molar-refractivity contribution is -0.148. The lowest BCUT2D eigenvalue weighted by atomic mass is 9.85. The van der Waals surface area contributed by atoms with Crippen molar-refractivity contribution in [2.75, 3.05) is 0 Å². The quantitative estimate of drug-likeness (QED) is 0.491. The smallest absolute Gasteiger partial charge is 0.306 e. The molecule has 3 heteroatoms. The fourth-order valence-corrected chi connectivity index (χ4v) is 2.70. The summed E-state index contributed by atoms with van der Waals surface area (Å²) in [5.74, 6) is 0.0397. The van der Waals surface area contributed by atoms with Crippen LogP contribution in [0.3, 0.4) is 0 Å². The van der Waals surface area contributed by atoms with E-state index in [1.807, 2.05) is 33.8 Å². The summed E-state index contributed by atoms with van der Waals surface area (Å²) in [4.78, 5) is 12.0. The summed E-state index contributed by atoms with van der Waals surface area (Å²) in [7, 11) is 0. The maximum Gasteiger partial charge on any atom is 0.306 e. The van der Waals surface area contributed by atoms with Crippen molar-refractivity contribution < 1.29 is 14.6 Å². The summed E-state index contributed by atoms with van der Waals surface area (Å²) >= 11 is 0. The van der Waals surface area contributed by atoms with E-state index < -0.39 is 0 Å². The van der Waals surface area contributed by atoms with Crippen LogP contribution in [0.5, 0.6) is 5.75 Å². The highest BCUT2D eigenvalue weighted by atomic mass is 16.5. The number of ether oxygens (including phenoxy) is 1. The van der Waals surface area contributed by atoms with Gasteiger partial charge in [0.25, 0.3) is 0 Å². The van der Waals surface area contributed by atoms with Gasteiger partial charge < -0.3 is 9.84 Å². The molecule has 1 aromatic carbocycles. The highest BCUT2D eigenvalue weighted by molar-refractivity contribution is 5.70. The second kappa shape index (κ2) is 9.71. The van der Waals surface area contributed by atoms with E-state index in [0.717, 1.165) is 24.0 Å². The number of aryl methyl sites for hydroxylation is 1. The van der Waals surface area contributed by atoms with Gasteiger partial charge in [0.1, 0.15) is 5.75 Å². The fraction of sp³-hybridized carbons (Fsp3) is 0.667. The molecule has 0 heterocycles. The number of phenolic OH excluding ortho intramolecular Hbond substituents is 1. The molecule has 1 atom stereocenters. The van der Waals surface area contributed by atoms with Gasteiger partial charge in [-0.25, -0.2) is 0 Å². The molecule has 1 aromatic rings. The first-order chi connectivity index (χ1) is 11.2. The summed E-state index contributed by atoms with van der Waals surface area (Å²) in [5.41, 5.74) is 1.72. The Bertz CT molecular complexity index is 514. The normalized spacial score (nSPS) is 12.9. The predicted octanol–water partition coefficient (Wildman–Crippen LogP) is 5.32. The summed E-state index contributed by atoms with van der Waals surface area (Å²) in [6, 6.07) is 6.60. The number of benzene rings is 1. The lowest BCUT2D eigenvalue weighted by Crippen LogP contribution is -2.15. The van der Waals surface area contributed by atoms with E-state index in [-0.39, 0.29) is 23.2 Å². The zero-order valence-electron chi connectivity index (χ0n) is 15.9. The Morgan fingerprint density at radius 1 is 1.29 bits per heavy atom. The molecule has 3 nitrogen and oxygen atoms in total. The minimum absolute atomic E-state index is 0.00845. The van der Waals surface area contributed by atoms with Crippen LogP contribution < -0.4 is 0 Å². The van der Waals surface area contributed by atoms with Gasteiger partial charge in [0.2, 0.25) is 0 Å². The molecule has 135 valence electrons. The van der Waals surface area contributed by atoms with Crippen molar-refractivity contribution in [3.05, 3.63) is 29.3 Å². The van der Waals surface area contributed by atoms with Crippen molar-refractivity contribution >= 4 is 5.97 Å². The third-order valence-corrected chi connectivity index (χ3v) is 4.20. The van der Waals surface area contributed by atoms with Crippen LogP contribution in [0.2, 0.25) is 0 Å². The molecule has 0 saturated heterocycles. The molecule has 0 fully saturated rings. The predicted molar refractivity (Wildman–Crippen MR) is 98.3 cm³/mol. The van der Waals surface area contributed by atoms with E-state index >= 15 is 0 Å². The maximum absolute atomic E-state index is 12.0. The zero-order chi connectivity index (χ0) is 18.2. The number of phenols is 1. The fourth-order valence-electron chi connectivity index (χ4n) is 2.70. The molecule has 0 aliphatic carbocycles. The van der Waals surface area contributed by atoms with Crippen LogP contribution in [0.15, 0.2) is 12.1 Å². The number of rotatable bonds is 9. The van der Waals surface area contributed by atoms with E-state index in [2.05, 4.69) is 13.0 Å². The average Bonchev–Trinajstić information content (AvgIpc) is 2.49. The topological polar surface area (TPSA) is 46.5 Å². The molecular weight excluding hydrogens is 300 g/mol. The van der Waals surface area contributed by atoms with Crippen molar-refractivity contribution in [3.63, 3.8) is 0 Å². The SMILES string of the molecule is CCCCCCC(C)OC(=O)CCc1c[c]c(O)c(C(C)(C)C)c1. The zero-order valence-corrected chi connectivity index (χ0v) is 15.9. The van der Waals surface area contributed by atoms with Gasteiger partial charge in [0.05, 0.1) is 6.10 Å². The number of esters is 1. The molecule has 24 heavy (non-hydrogen) atoms. The largest absolute Gasteiger partial charge is 0.507 e. The standard InChI is InChI=1S/C21H33O3/c1-6-7-8-9-10-16(2)24-20(23)14-12-17-11-13-19(22)18(15-17)21(3,4)5/h11,15-16,22H,6-10,12,14H2,1-5H3. The third-order valence-electron chi connectivity index (χ3n) is 4.20. The second-order valence-electron chi connectivity index (χ2n) is 7.67. The molecule has 1 unspecified atom stereocenters. The highest BCUT2D eigenvalue weighted by Gasteiger charge is 2.19. The first-order valence-electron chi connectivity index (χ1n) is 9.17. The molecule has 0 bridgehead atoms. The Balaban J connectivity index is 2.44. The number of unbranched alkanes of at least 4 members (excludes halogenated alkanes) is 3. The monoisotopic (exact) mass is 333 g/mol. The lowest BCUT2D eigenvalue weighted by Gasteiger charge is -2.21. The van der Waals surface area contributed by atoms with Crippen LogP contribution in [0.4, 0.5) is 0 Å². The molecule has 1 N–H and O–H groups in total. The van der Waals surface area contributed by atoms with Crippen LogP contribution in [-0.2, 0) is 21.4 Å². The molecule has 1 radical (unpaired) electrons. The third kappa shape index (κ3) is 7.37. The van der Waals surface area contributed by atoms with Crippen LogP contribution >= 0.6 is 0 Å². The first kappa shape index (κ1) is 20.5. The summed E-state index contributed by atoms with van der Waals surface area (Å²) in [6.45, 7) is 10.3. The maximum atomic E-state index is 12.0. The van der Waals surface area contributed by atoms with Crippen molar-refractivity contribution in [1.29, 1.82) is 0 Å². The molecule has 0 saturated carbocycles. The minimum Gasteiger partial charge on any atom is -0.507 e. The van der Waals surface area contributed by atoms with Crippen LogP contribution in [0.1, 0.15) is 84.3 Å². The van der Waals surface area contributed by atoms with Crippen LogP contribution in [0, 0.1) is 6.07 Å². The first-order valence-corrected chi connectivity index (χ1v) is 9.17. The van der Waals surface area contributed by atoms with E-state index in [0.29, 0.717) is 12.8 Å². The molecular formula is C21H33O3. The number of carbonyl (C=O) groups excluding carboxylic acids is 1. The van der Waals surface area contributed by atoms with Crippen LogP contribution in [0.25, 0.3) is 0 Å². The molecule has 0 spiro atoms. The second-order valence-corrected chi connectivity index (χ2v) is 7.67. The molecule has 1 rings (SSSR count). The Hall–Kier alpha value is -1.51. The molecule has 0 amide bonds. The van der Waals surface area contributed by atoms with E-state index in [1.54, 1.807) is 6.07 Å². The highest BCUT2D eigenvalue weighted by Crippen LogP contribution is 2.31. The van der Waals surface area contributed by atoms with Gasteiger partial charge in [-0.3, -0.25) is 4.79 Å². The van der Waals surface area contributed by atoms with Gasteiger partial charge in [-0.05, 0) is 43.2 Å². The van der Waals surface area contributed by atoms with Gasteiger partial charge >= 0.3 is 5.97 Å². The summed E-state index contributed by atoms with van der Waals surface area (Å²) in [5, 5.41) is 9.94. The number of aromatic hydroxyl groups is 1. The molecule has 0 aliphatic heterocycles. The van der Waals surface area contributed by atoms with E-state index in [9.17, 15) is 9.90 Å². The number of hydrogen-bond donors (Lipinski definition) is 1. The Morgan fingerprint density at radius 3 is 2.62 bits per heavy atom. The van der Waals surface area contributed by atoms with Gasteiger partial charge in [0, 0.05) is 18.1 Å². The summed E-state index contributed by atoms with van der Waals surface area (Å²) in [6.07, 6.45) is 6.69. The minimum atomic E-state index is -0.150. The summed E-state index contributed by atoms with van der Waals surface area (Å²) < 4.78 is 5.48. The van der Waals surface area contributed by atoms with Gasteiger partial charge in [-0.15, -0.1) is 0 Å². The Labute approximate surface area is 147 Å². The van der Waals surface area contributed by atoms with Crippen molar-refractivity contribution in [2.45, 2.75) is 91.1 Å². The Morgan fingerprint density at radius 2 is 2.00 bits per heavy atom. The van der Waals surface area contributed by atoms with E-state index in [1.165, 1.54) is 19.3 Å². The van der Waals surface area contributed by atoms with Gasteiger partial charge in [-0.2, -0.15) is 0 Å². The number of carbonyl (C=O) groups is 1.